The van der Waals surface area contributed by atoms with Crippen molar-refractivity contribution in [2.75, 3.05) is 13.7 Å². The van der Waals surface area contributed by atoms with Gasteiger partial charge in [0.2, 0.25) is 0 Å². The molecule has 0 saturated carbocycles. The van der Waals surface area contributed by atoms with Gasteiger partial charge in [-0.05, 0) is 18.9 Å². The van der Waals surface area contributed by atoms with Crippen LogP contribution in [-0.4, -0.2) is 31.7 Å². The standard InChI is InChI=1S/C17H21F7O2/c1-11(2)9-26-13-8-6-5-7-12(13)14(3,25-4)10-15(18,16(19,20)21)17(22,23)24/h5-8,11H,9-10H2,1-4H3. The molecule has 0 aliphatic rings. The van der Waals surface area contributed by atoms with Gasteiger partial charge >= 0.3 is 18.0 Å². The number of hydrogen-bond acceptors (Lipinski definition) is 2. The molecule has 1 atom stereocenters. The highest BCUT2D eigenvalue weighted by Gasteiger charge is 2.74. The molecule has 0 aliphatic heterocycles. The van der Waals surface area contributed by atoms with Gasteiger partial charge in [-0.3, -0.25) is 0 Å². The van der Waals surface area contributed by atoms with Gasteiger partial charge in [0.15, 0.2) is 0 Å². The zero-order valence-electron chi connectivity index (χ0n) is 14.8. The summed E-state index contributed by atoms with van der Waals surface area (Å²) in [6, 6.07) is 5.55. The van der Waals surface area contributed by atoms with E-state index in [1.807, 2.05) is 13.8 Å². The molecule has 0 fully saturated rings. The average molecular weight is 390 g/mol. The Labute approximate surface area is 147 Å². The monoisotopic (exact) mass is 390 g/mol. The first-order chi connectivity index (χ1) is 11.7. The first-order valence-corrected chi connectivity index (χ1v) is 7.78. The van der Waals surface area contributed by atoms with E-state index in [1.165, 1.54) is 24.3 Å². The van der Waals surface area contributed by atoms with E-state index in [4.69, 9.17) is 9.47 Å². The summed E-state index contributed by atoms with van der Waals surface area (Å²) in [5.41, 5.74) is -7.76. The van der Waals surface area contributed by atoms with Crippen molar-refractivity contribution >= 4 is 0 Å². The molecule has 0 bridgehead atoms. The van der Waals surface area contributed by atoms with Crippen LogP contribution in [0.15, 0.2) is 24.3 Å². The van der Waals surface area contributed by atoms with Gasteiger partial charge in [0.05, 0.1) is 12.2 Å². The van der Waals surface area contributed by atoms with Crippen LogP contribution in [0.3, 0.4) is 0 Å². The molecule has 0 aromatic heterocycles. The van der Waals surface area contributed by atoms with Gasteiger partial charge in [-0.2, -0.15) is 26.3 Å². The van der Waals surface area contributed by atoms with Crippen LogP contribution in [0, 0.1) is 5.92 Å². The molecule has 1 aromatic rings. The Morgan fingerprint density at radius 3 is 1.85 bits per heavy atom. The van der Waals surface area contributed by atoms with Gasteiger partial charge in [0.1, 0.15) is 5.75 Å². The van der Waals surface area contributed by atoms with Crippen molar-refractivity contribution in [1.29, 1.82) is 0 Å². The molecule has 0 N–H and O–H groups in total. The van der Waals surface area contributed by atoms with E-state index < -0.39 is 30.0 Å². The molecule has 2 nitrogen and oxygen atoms in total. The number of hydrogen-bond donors (Lipinski definition) is 0. The number of benzene rings is 1. The molecule has 0 saturated heterocycles. The molecule has 1 rings (SSSR count). The maximum Gasteiger partial charge on any atom is 0.431 e. The SMILES string of the molecule is COC(C)(CC(F)(C(F)(F)F)C(F)(F)F)c1ccccc1OCC(C)C. The van der Waals surface area contributed by atoms with Gasteiger partial charge in [-0.1, -0.05) is 32.0 Å². The van der Waals surface area contributed by atoms with E-state index in [2.05, 4.69) is 0 Å². The minimum absolute atomic E-state index is 0.0391. The van der Waals surface area contributed by atoms with Crippen molar-refractivity contribution in [2.45, 2.75) is 50.8 Å². The van der Waals surface area contributed by atoms with Crippen LogP contribution < -0.4 is 4.74 Å². The number of para-hydroxylation sites is 1. The minimum atomic E-state index is -6.15. The van der Waals surface area contributed by atoms with Gasteiger partial charge in [-0.15, -0.1) is 0 Å². The average Bonchev–Trinajstić information content (AvgIpc) is 2.50. The van der Waals surface area contributed by atoms with Gasteiger partial charge < -0.3 is 9.47 Å². The number of halogens is 7. The Morgan fingerprint density at radius 1 is 0.923 bits per heavy atom. The molecule has 0 aliphatic carbocycles. The minimum Gasteiger partial charge on any atom is -0.493 e. The summed E-state index contributed by atoms with van der Waals surface area (Å²) < 4.78 is 102. The summed E-state index contributed by atoms with van der Waals surface area (Å²) in [5, 5.41) is 0. The lowest BCUT2D eigenvalue weighted by atomic mass is 9.82. The first-order valence-electron chi connectivity index (χ1n) is 7.78. The van der Waals surface area contributed by atoms with E-state index in [1.54, 1.807) is 0 Å². The Balaban J connectivity index is 3.39. The third-order valence-electron chi connectivity index (χ3n) is 3.96. The Morgan fingerprint density at radius 2 is 1.42 bits per heavy atom. The smallest absolute Gasteiger partial charge is 0.431 e. The van der Waals surface area contributed by atoms with Crippen molar-refractivity contribution < 1.29 is 40.2 Å². The maximum absolute atomic E-state index is 14.2. The molecule has 0 radical (unpaired) electrons. The summed E-state index contributed by atoms with van der Waals surface area (Å²) in [5.74, 6) is 0.0970. The lowest BCUT2D eigenvalue weighted by Gasteiger charge is -2.38. The quantitative estimate of drug-likeness (QED) is 0.548. The second kappa shape index (κ2) is 7.62. The number of ether oxygens (including phenoxy) is 2. The molecular formula is C17H21F7O2. The number of rotatable bonds is 7. The Bertz CT molecular complexity index is 582. The molecule has 1 unspecified atom stereocenters. The molecule has 0 heterocycles. The van der Waals surface area contributed by atoms with E-state index in [0.29, 0.717) is 0 Å². The first kappa shape index (κ1) is 22.5. The van der Waals surface area contributed by atoms with E-state index in [-0.39, 0.29) is 23.8 Å². The molecule has 150 valence electrons. The van der Waals surface area contributed by atoms with Crippen LogP contribution >= 0.6 is 0 Å². The second-order valence-corrected chi connectivity index (χ2v) is 6.61. The van der Waals surface area contributed by atoms with Gasteiger partial charge in [0, 0.05) is 19.1 Å². The van der Waals surface area contributed by atoms with Crippen LogP contribution in [0.2, 0.25) is 0 Å². The molecule has 0 spiro atoms. The van der Waals surface area contributed by atoms with Crippen molar-refractivity contribution in [2.24, 2.45) is 5.92 Å². The third kappa shape index (κ3) is 4.61. The van der Waals surface area contributed by atoms with Crippen molar-refractivity contribution in [1.82, 2.24) is 0 Å². The number of alkyl halides is 7. The lowest BCUT2D eigenvalue weighted by molar-refractivity contribution is -0.353. The molecular weight excluding hydrogens is 369 g/mol. The topological polar surface area (TPSA) is 18.5 Å². The van der Waals surface area contributed by atoms with Crippen LogP contribution in [0.5, 0.6) is 5.75 Å². The summed E-state index contributed by atoms with van der Waals surface area (Å²) in [7, 11) is 0.923. The fourth-order valence-corrected chi connectivity index (χ4v) is 2.39. The lowest BCUT2D eigenvalue weighted by Crippen LogP contribution is -2.56. The van der Waals surface area contributed by atoms with Crippen LogP contribution in [0.25, 0.3) is 0 Å². The van der Waals surface area contributed by atoms with Crippen LogP contribution in [0.4, 0.5) is 30.7 Å². The van der Waals surface area contributed by atoms with E-state index in [0.717, 1.165) is 14.0 Å². The van der Waals surface area contributed by atoms with E-state index >= 15 is 0 Å². The maximum atomic E-state index is 14.2. The van der Waals surface area contributed by atoms with E-state index in [9.17, 15) is 30.7 Å². The zero-order valence-corrected chi connectivity index (χ0v) is 14.8. The Hall–Kier alpha value is -1.51. The third-order valence-corrected chi connectivity index (χ3v) is 3.96. The summed E-state index contributed by atoms with van der Waals surface area (Å²) in [4.78, 5) is 0. The summed E-state index contributed by atoms with van der Waals surface area (Å²) >= 11 is 0. The largest absolute Gasteiger partial charge is 0.493 e. The van der Waals surface area contributed by atoms with Crippen molar-refractivity contribution in [3.05, 3.63) is 29.8 Å². The van der Waals surface area contributed by atoms with Crippen molar-refractivity contribution in [3.63, 3.8) is 0 Å². The van der Waals surface area contributed by atoms with Crippen molar-refractivity contribution in [3.8, 4) is 5.75 Å². The molecule has 9 heteroatoms. The normalized spacial score (nSPS) is 15.8. The predicted molar refractivity (Wildman–Crippen MR) is 81.7 cm³/mol. The predicted octanol–water partition coefficient (Wildman–Crippen LogP) is 5.81. The molecule has 1 aromatic carbocycles. The molecule has 0 amide bonds. The van der Waals surface area contributed by atoms with Gasteiger partial charge in [-0.25, -0.2) is 4.39 Å². The Kier molecular flexibility index (Phi) is 6.60. The molecule has 26 heavy (non-hydrogen) atoms. The van der Waals surface area contributed by atoms with Crippen LogP contribution in [0.1, 0.15) is 32.8 Å². The highest BCUT2D eigenvalue weighted by molar-refractivity contribution is 5.38. The summed E-state index contributed by atoms with van der Waals surface area (Å²) in [6.07, 6.45) is -14.3. The highest BCUT2D eigenvalue weighted by Crippen LogP contribution is 2.53. The number of methoxy groups -OCH3 is 1. The second-order valence-electron chi connectivity index (χ2n) is 6.61. The van der Waals surface area contributed by atoms with Gasteiger partial charge in [0.25, 0.3) is 0 Å². The fourth-order valence-electron chi connectivity index (χ4n) is 2.39. The van der Waals surface area contributed by atoms with Crippen LogP contribution in [-0.2, 0) is 10.3 Å². The zero-order chi connectivity index (χ0) is 20.4. The summed E-state index contributed by atoms with van der Waals surface area (Å²) in [6.45, 7) is 4.78. The fraction of sp³-hybridized carbons (Fsp3) is 0.647. The highest BCUT2D eigenvalue weighted by atomic mass is 19.4.